The van der Waals surface area contributed by atoms with Crippen LogP contribution in [0.4, 0.5) is 0 Å². The third-order valence-corrected chi connectivity index (χ3v) is 4.07. The molecule has 136 valence electrons. The molecular weight excluding hydrogens is 375 g/mol. The first-order valence-corrected chi connectivity index (χ1v) is 9.21. The summed E-state index contributed by atoms with van der Waals surface area (Å²) in [6, 6.07) is 3.31. The van der Waals surface area contributed by atoms with Crippen molar-refractivity contribution in [2.75, 3.05) is 13.2 Å². The van der Waals surface area contributed by atoms with Gasteiger partial charge < -0.3 is 9.47 Å². The van der Waals surface area contributed by atoms with E-state index in [4.69, 9.17) is 9.47 Å². The van der Waals surface area contributed by atoms with Crippen molar-refractivity contribution in [1.29, 1.82) is 0 Å². The Morgan fingerprint density at radius 3 is 2.00 bits per heavy atom. The maximum absolute atomic E-state index is 12.0. The van der Waals surface area contributed by atoms with Crippen LogP contribution in [0.2, 0.25) is 0 Å². The summed E-state index contributed by atoms with van der Waals surface area (Å²) < 4.78 is 42.3. The number of hydrogen-bond acceptors (Lipinski definition) is 6. The SMILES string of the molecule is CCCCOC(=O)c1ccc(C(=O)OCCCC)c(S(=O)(=O)O)c1.[KH]. The van der Waals surface area contributed by atoms with Crippen LogP contribution in [0, 0.1) is 0 Å². The summed E-state index contributed by atoms with van der Waals surface area (Å²) in [6.45, 7) is 4.19. The molecule has 7 nitrogen and oxygen atoms in total. The monoisotopic (exact) mass is 398 g/mol. The topological polar surface area (TPSA) is 107 Å². The van der Waals surface area contributed by atoms with E-state index < -0.39 is 27.0 Å². The van der Waals surface area contributed by atoms with E-state index in [1.165, 1.54) is 6.07 Å². The minimum atomic E-state index is -4.70. The average molecular weight is 399 g/mol. The zero-order chi connectivity index (χ0) is 18.2. The Bertz CT molecular complexity index is 686. The van der Waals surface area contributed by atoms with Gasteiger partial charge in [-0.15, -0.1) is 0 Å². The molecule has 0 bridgehead atoms. The van der Waals surface area contributed by atoms with Gasteiger partial charge in [0.1, 0.15) is 4.90 Å². The van der Waals surface area contributed by atoms with Crippen LogP contribution in [0.3, 0.4) is 0 Å². The van der Waals surface area contributed by atoms with Crippen LogP contribution in [0.15, 0.2) is 23.1 Å². The summed E-state index contributed by atoms with van der Waals surface area (Å²) in [7, 11) is -4.70. The number of hydrogen-bond donors (Lipinski definition) is 1. The Labute approximate surface area is 190 Å². The van der Waals surface area contributed by atoms with Crippen molar-refractivity contribution in [3.8, 4) is 0 Å². The first-order chi connectivity index (χ1) is 11.3. The fraction of sp³-hybridized carbons (Fsp3) is 0.500. The molecule has 0 unspecified atom stereocenters. The van der Waals surface area contributed by atoms with Crippen molar-refractivity contribution < 1.29 is 32.0 Å². The van der Waals surface area contributed by atoms with E-state index in [-0.39, 0.29) is 75.7 Å². The van der Waals surface area contributed by atoms with Gasteiger partial charge in [-0.2, -0.15) is 8.42 Å². The van der Waals surface area contributed by atoms with E-state index in [0.717, 1.165) is 25.0 Å². The first-order valence-electron chi connectivity index (χ1n) is 7.77. The summed E-state index contributed by atoms with van der Waals surface area (Å²) in [4.78, 5) is 23.2. The fourth-order valence-electron chi connectivity index (χ4n) is 1.81. The molecule has 0 spiro atoms. The quantitative estimate of drug-likeness (QED) is 0.294. The molecule has 0 saturated heterocycles. The van der Waals surface area contributed by atoms with Crippen molar-refractivity contribution >= 4 is 73.4 Å². The zero-order valence-corrected chi connectivity index (χ0v) is 14.6. The van der Waals surface area contributed by atoms with E-state index in [1.54, 1.807) is 0 Å². The predicted octanol–water partition coefficient (Wildman–Crippen LogP) is 2.20. The standard InChI is InChI=1S/C16H22O7S.K.H/c1-3-5-9-22-15(17)12-7-8-13(14(11-12)24(19,20)21)16(18)23-10-6-4-2;;/h7-8,11H,3-6,9-10H2,1-2H3,(H,19,20,21);;. The van der Waals surface area contributed by atoms with Crippen LogP contribution in [-0.4, -0.2) is 89.5 Å². The second kappa shape index (κ2) is 12.2. The second-order valence-electron chi connectivity index (χ2n) is 5.16. The van der Waals surface area contributed by atoms with E-state index in [2.05, 4.69) is 0 Å². The Balaban J connectivity index is 0.00000576. The van der Waals surface area contributed by atoms with E-state index in [0.29, 0.717) is 12.8 Å². The Morgan fingerprint density at radius 1 is 1.00 bits per heavy atom. The molecule has 25 heavy (non-hydrogen) atoms. The van der Waals surface area contributed by atoms with Gasteiger partial charge in [0.15, 0.2) is 0 Å². The molecule has 9 heteroatoms. The van der Waals surface area contributed by atoms with E-state index in [9.17, 15) is 22.6 Å². The van der Waals surface area contributed by atoms with Gasteiger partial charge >= 0.3 is 63.3 Å². The number of carbonyl (C=O) groups excluding carboxylic acids is 2. The molecule has 0 heterocycles. The van der Waals surface area contributed by atoms with Crippen LogP contribution < -0.4 is 0 Å². The molecule has 0 aliphatic carbocycles. The van der Waals surface area contributed by atoms with E-state index in [1.807, 2.05) is 13.8 Å². The Kier molecular flexibility index (Phi) is 12.0. The molecule has 0 fully saturated rings. The number of ether oxygens (including phenoxy) is 2. The van der Waals surface area contributed by atoms with Gasteiger partial charge in [0, 0.05) is 0 Å². The summed E-state index contributed by atoms with van der Waals surface area (Å²) in [6.07, 6.45) is 2.96. The van der Waals surface area contributed by atoms with Crippen molar-refractivity contribution in [3.63, 3.8) is 0 Å². The summed E-state index contributed by atoms with van der Waals surface area (Å²) in [5.74, 6) is -1.60. The third-order valence-electron chi connectivity index (χ3n) is 3.18. The molecule has 0 aliphatic heterocycles. The van der Waals surface area contributed by atoms with Gasteiger partial charge in [-0.25, -0.2) is 9.59 Å². The predicted molar refractivity (Wildman–Crippen MR) is 93.8 cm³/mol. The number of rotatable bonds is 9. The van der Waals surface area contributed by atoms with Gasteiger partial charge in [0.2, 0.25) is 0 Å². The molecular formula is C16H23KO7S. The van der Waals surface area contributed by atoms with Crippen LogP contribution in [0.5, 0.6) is 0 Å². The maximum atomic E-state index is 12.0. The molecule has 1 aromatic carbocycles. The third kappa shape index (κ3) is 8.29. The van der Waals surface area contributed by atoms with Gasteiger partial charge in [-0.3, -0.25) is 4.55 Å². The molecule has 0 radical (unpaired) electrons. The molecule has 0 atom stereocenters. The first kappa shape index (κ1) is 24.7. The number of esters is 2. The normalized spacial score (nSPS) is 10.7. The molecule has 0 amide bonds. The van der Waals surface area contributed by atoms with Crippen LogP contribution in [-0.2, 0) is 19.6 Å². The minimum absolute atomic E-state index is 0. The van der Waals surface area contributed by atoms with Crippen molar-refractivity contribution in [2.24, 2.45) is 0 Å². The van der Waals surface area contributed by atoms with Crippen molar-refractivity contribution in [1.82, 2.24) is 0 Å². The number of carbonyl (C=O) groups is 2. The van der Waals surface area contributed by atoms with Gasteiger partial charge in [-0.1, -0.05) is 26.7 Å². The average Bonchev–Trinajstić information content (AvgIpc) is 2.53. The molecule has 0 saturated carbocycles. The van der Waals surface area contributed by atoms with Crippen LogP contribution in [0.25, 0.3) is 0 Å². The van der Waals surface area contributed by atoms with E-state index >= 15 is 0 Å². The molecule has 1 aromatic rings. The van der Waals surface area contributed by atoms with Gasteiger partial charge in [0.05, 0.1) is 24.3 Å². The molecule has 0 aromatic heterocycles. The summed E-state index contributed by atoms with van der Waals surface area (Å²) in [5.41, 5.74) is -0.387. The molecule has 1 rings (SSSR count). The van der Waals surface area contributed by atoms with Crippen LogP contribution in [0.1, 0.15) is 60.2 Å². The summed E-state index contributed by atoms with van der Waals surface area (Å²) >= 11 is 0. The molecule has 0 aliphatic rings. The van der Waals surface area contributed by atoms with Crippen molar-refractivity contribution in [3.05, 3.63) is 29.3 Å². The fourth-order valence-corrected chi connectivity index (χ4v) is 2.52. The second-order valence-corrected chi connectivity index (χ2v) is 6.55. The number of benzene rings is 1. The molecule has 1 N–H and O–H groups in total. The van der Waals surface area contributed by atoms with Gasteiger partial charge in [-0.05, 0) is 31.0 Å². The Hall–Kier alpha value is -0.294. The summed E-state index contributed by atoms with van der Waals surface area (Å²) in [5, 5.41) is 0. The Morgan fingerprint density at radius 2 is 1.52 bits per heavy atom. The zero-order valence-electron chi connectivity index (χ0n) is 13.8. The van der Waals surface area contributed by atoms with Crippen LogP contribution >= 0.6 is 0 Å². The van der Waals surface area contributed by atoms with Gasteiger partial charge in [0.25, 0.3) is 10.1 Å². The number of unbranched alkanes of at least 4 members (excludes halogenated alkanes) is 2. The van der Waals surface area contributed by atoms with Crippen molar-refractivity contribution in [2.45, 2.75) is 44.4 Å².